The number of unbranched alkanes of at least 4 members (excludes halogenated alkanes) is 1. The van der Waals surface area contributed by atoms with Gasteiger partial charge in [-0.2, -0.15) is 4.37 Å². The summed E-state index contributed by atoms with van der Waals surface area (Å²) < 4.78 is 4.25. The third-order valence-electron chi connectivity index (χ3n) is 2.83. The summed E-state index contributed by atoms with van der Waals surface area (Å²) in [6.07, 6.45) is 4.85. The summed E-state index contributed by atoms with van der Waals surface area (Å²) >= 11 is 1.26. The Bertz CT molecular complexity index is 390. The molecule has 0 radical (unpaired) electrons. The topological polar surface area (TPSA) is 75.1 Å². The number of aliphatic carboxylic acids is 1. The Kier molecular flexibility index (Phi) is 3.93. The summed E-state index contributed by atoms with van der Waals surface area (Å²) in [5.41, 5.74) is 0. The molecular weight excluding hydrogens is 238 g/mol. The summed E-state index contributed by atoms with van der Waals surface area (Å²) in [6, 6.07) is -0.546. The third kappa shape index (κ3) is 3.39. The second-order valence-corrected chi connectivity index (χ2v) is 5.16. The summed E-state index contributed by atoms with van der Waals surface area (Å²) in [5, 5.41) is 12.7. The molecule has 1 aliphatic carbocycles. The molecule has 1 aromatic rings. The normalized spacial score (nSPS) is 16.8. The number of carbonyl (C=O) groups is 1. The van der Waals surface area contributed by atoms with Crippen LogP contribution in [0, 0.1) is 0 Å². The van der Waals surface area contributed by atoms with Crippen LogP contribution in [0.2, 0.25) is 0 Å². The third-order valence-corrected chi connectivity index (χ3v) is 3.49. The number of rotatable bonds is 7. The van der Waals surface area contributed by atoms with Gasteiger partial charge < -0.3 is 10.4 Å². The molecule has 0 saturated heterocycles. The lowest BCUT2D eigenvalue weighted by Crippen LogP contribution is -2.29. The quantitative estimate of drug-likeness (QED) is 0.782. The summed E-state index contributed by atoms with van der Waals surface area (Å²) in [6.45, 7) is 2.05. The van der Waals surface area contributed by atoms with Crippen LogP contribution in [-0.2, 0) is 4.79 Å². The molecule has 1 fully saturated rings. The Hall–Kier alpha value is -1.17. The smallest absolute Gasteiger partial charge is 0.326 e. The number of aromatic nitrogens is 2. The van der Waals surface area contributed by atoms with E-state index in [-0.39, 0.29) is 0 Å². The van der Waals surface area contributed by atoms with E-state index >= 15 is 0 Å². The lowest BCUT2D eigenvalue weighted by molar-refractivity contribution is -0.138. The van der Waals surface area contributed by atoms with Gasteiger partial charge in [0.05, 0.1) is 0 Å². The average molecular weight is 255 g/mol. The molecule has 1 unspecified atom stereocenters. The van der Waals surface area contributed by atoms with Crippen molar-refractivity contribution in [1.82, 2.24) is 9.36 Å². The molecular formula is C11H17N3O2S. The standard InChI is InChI=1S/C11H17N3O2S/c1-2-3-4-8(10(15)16)12-11-13-9(14-17-11)7-5-6-7/h7-8H,2-6H2,1H3,(H,15,16)(H,12,13,14). The molecule has 0 bridgehead atoms. The first-order valence-electron chi connectivity index (χ1n) is 6.03. The van der Waals surface area contributed by atoms with Crippen LogP contribution in [0.25, 0.3) is 0 Å². The van der Waals surface area contributed by atoms with Crippen LogP contribution < -0.4 is 5.32 Å². The molecule has 5 nitrogen and oxygen atoms in total. The van der Waals surface area contributed by atoms with E-state index < -0.39 is 12.0 Å². The highest BCUT2D eigenvalue weighted by molar-refractivity contribution is 7.09. The lowest BCUT2D eigenvalue weighted by atomic mass is 10.1. The van der Waals surface area contributed by atoms with Gasteiger partial charge in [0.2, 0.25) is 5.13 Å². The molecule has 0 spiro atoms. The molecule has 1 saturated carbocycles. The number of carboxylic acid groups (broad SMARTS) is 1. The van der Waals surface area contributed by atoms with Crippen LogP contribution in [0.4, 0.5) is 5.13 Å². The van der Waals surface area contributed by atoms with Crippen LogP contribution in [0.3, 0.4) is 0 Å². The predicted octanol–water partition coefficient (Wildman–Crippen LogP) is 2.47. The first-order valence-corrected chi connectivity index (χ1v) is 6.81. The largest absolute Gasteiger partial charge is 0.480 e. The zero-order valence-electron chi connectivity index (χ0n) is 9.85. The second kappa shape index (κ2) is 5.44. The number of nitrogens with zero attached hydrogens (tertiary/aromatic N) is 2. The van der Waals surface area contributed by atoms with Crippen LogP contribution in [0.5, 0.6) is 0 Å². The van der Waals surface area contributed by atoms with Gasteiger partial charge in [-0.3, -0.25) is 0 Å². The fourth-order valence-corrected chi connectivity index (χ4v) is 2.31. The molecule has 1 heterocycles. The highest BCUT2D eigenvalue weighted by atomic mass is 32.1. The van der Waals surface area contributed by atoms with E-state index in [9.17, 15) is 4.79 Å². The van der Waals surface area contributed by atoms with Crippen molar-refractivity contribution in [3.05, 3.63) is 5.82 Å². The number of anilines is 1. The van der Waals surface area contributed by atoms with Gasteiger partial charge in [0.1, 0.15) is 11.9 Å². The van der Waals surface area contributed by atoms with Crippen molar-refractivity contribution in [2.24, 2.45) is 0 Å². The second-order valence-electron chi connectivity index (χ2n) is 4.41. The minimum Gasteiger partial charge on any atom is -0.480 e. The Morgan fingerprint density at radius 3 is 3.00 bits per heavy atom. The average Bonchev–Trinajstić information content (AvgIpc) is 3.05. The monoisotopic (exact) mass is 255 g/mol. The zero-order valence-corrected chi connectivity index (χ0v) is 10.7. The minimum atomic E-state index is -0.818. The van der Waals surface area contributed by atoms with Gasteiger partial charge in [-0.25, -0.2) is 9.78 Å². The maximum atomic E-state index is 11.1. The SMILES string of the molecule is CCCCC(Nc1nc(C2CC2)ns1)C(=O)O. The highest BCUT2D eigenvalue weighted by Gasteiger charge is 2.28. The first kappa shape index (κ1) is 12.3. The van der Waals surface area contributed by atoms with Gasteiger partial charge in [-0.05, 0) is 19.3 Å². The maximum absolute atomic E-state index is 11.1. The van der Waals surface area contributed by atoms with Gasteiger partial charge >= 0.3 is 5.97 Å². The zero-order chi connectivity index (χ0) is 12.3. The summed E-state index contributed by atoms with van der Waals surface area (Å²) in [5.74, 6) is 0.569. The fraction of sp³-hybridized carbons (Fsp3) is 0.727. The number of hydrogen-bond donors (Lipinski definition) is 2. The lowest BCUT2D eigenvalue weighted by Gasteiger charge is -2.12. The summed E-state index contributed by atoms with van der Waals surface area (Å²) in [7, 11) is 0. The van der Waals surface area contributed by atoms with Crippen LogP contribution in [0.15, 0.2) is 0 Å². The fourth-order valence-electron chi connectivity index (χ4n) is 1.62. The predicted molar refractivity (Wildman–Crippen MR) is 66.5 cm³/mol. The van der Waals surface area contributed by atoms with Crippen molar-refractivity contribution in [2.45, 2.75) is 51.0 Å². The van der Waals surface area contributed by atoms with Gasteiger partial charge in [-0.15, -0.1) is 0 Å². The molecule has 0 aromatic carbocycles. The van der Waals surface area contributed by atoms with E-state index in [2.05, 4.69) is 21.6 Å². The maximum Gasteiger partial charge on any atom is 0.326 e. The number of hydrogen-bond acceptors (Lipinski definition) is 5. The van der Waals surface area contributed by atoms with Crippen molar-refractivity contribution in [3.8, 4) is 0 Å². The van der Waals surface area contributed by atoms with Crippen LogP contribution in [0.1, 0.15) is 50.8 Å². The van der Waals surface area contributed by atoms with E-state index in [0.29, 0.717) is 17.5 Å². The van der Waals surface area contributed by atoms with E-state index in [1.54, 1.807) is 0 Å². The van der Waals surface area contributed by atoms with Crippen LogP contribution >= 0.6 is 11.5 Å². The summed E-state index contributed by atoms with van der Waals surface area (Å²) in [4.78, 5) is 15.4. The number of carboxylic acids is 1. The van der Waals surface area contributed by atoms with E-state index in [1.807, 2.05) is 0 Å². The number of nitrogens with one attached hydrogen (secondary N) is 1. The Morgan fingerprint density at radius 1 is 1.65 bits per heavy atom. The Labute approximate surface area is 104 Å². The molecule has 6 heteroatoms. The Balaban J connectivity index is 1.93. The van der Waals surface area contributed by atoms with Gasteiger partial charge in [0.15, 0.2) is 0 Å². The van der Waals surface area contributed by atoms with Crippen molar-refractivity contribution < 1.29 is 9.90 Å². The molecule has 0 amide bonds. The molecule has 94 valence electrons. The van der Waals surface area contributed by atoms with Crippen molar-refractivity contribution in [2.75, 3.05) is 5.32 Å². The molecule has 1 aliphatic rings. The first-order chi connectivity index (χ1) is 8.20. The molecule has 1 atom stereocenters. The highest BCUT2D eigenvalue weighted by Crippen LogP contribution is 2.39. The molecule has 2 rings (SSSR count). The van der Waals surface area contributed by atoms with Gasteiger partial charge in [0, 0.05) is 17.5 Å². The van der Waals surface area contributed by atoms with Crippen LogP contribution in [-0.4, -0.2) is 26.5 Å². The Morgan fingerprint density at radius 2 is 2.41 bits per heavy atom. The van der Waals surface area contributed by atoms with E-state index in [4.69, 9.17) is 5.11 Å². The van der Waals surface area contributed by atoms with Crippen molar-refractivity contribution in [1.29, 1.82) is 0 Å². The van der Waals surface area contributed by atoms with Gasteiger partial charge in [-0.1, -0.05) is 19.8 Å². The minimum absolute atomic E-state index is 0.515. The molecule has 2 N–H and O–H groups in total. The molecule has 17 heavy (non-hydrogen) atoms. The van der Waals surface area contributed by atoms with Gasteiger partial charge in [0.25, 0.3) is 0 Å². The molecule has 1 aromatic heterocycles. The van der Waals surface area contributed by atoms with E-state index in [1.165, 1.54) is 11.5 Å². The van der Waals surface area contributed by atoms with Crippen molar-refractivity contribution >= 4 is 22.6 Å². The molecule has 0 aliphatic heterocycles. The van der Waals surface area contributed by atoms with Crippen molar-refractivity contribution in [3.63, 3.8) is 0 Å². The van der Waals surface area contributed by atoms with E-state index in [0.717, 1.165) is 31.5 Å².